The first-order valence-corrected chi connectivity index (χ1v) is 7.51. The Hall–Kier alpha value is 0.140. The topological polar surface area (TPSA) is 12.0 Å². The van der Waals surface area contributed by atoms with E-state index in [1.165, 1.54) is 28.6 Å². The maximum Gasteiger partial charge on any atom is 0.0285 e. The predicted molar refractivity (Wildman–Crippen MR) is 77.3 cm³/mol. The molecule has 3 heteroatoms. The van der Waals surface area contributed by atoms with E-state index >= 15 is 0 Å². The van der Waals surface area contributed by atoms with Crippen molar-refractivity contribution in [2.45, 2.75) is 46.1 Å². The van der Waals surface area contributed by atoms with Gasteiger partial charge in [0.05, 0.1) is 0 Å². The van der Waals surface area contributed by atoms with Crippen molar-refractivity contribution < 1.29 is 0 Å². The van der Waals surface area contributed by atoms with Crippen molar-refractivity contribution in [2.75, 3.05) is 7.05 Å². The Morgan fingerprint density at radius 2 is 2.12 bits per heavy atom. The van der Waals surface area contributed by atoms with Crippen LogP contribution in [-0.4, -0.2) is 13.1 Å². The van der Waals surface area contributed by atoms with Crippen LogP contribution in [0.25, 0.3) is 0 Å². The highest BCUT2D eigenvalue weighted by atomic mass is 79.9. The van der Waals surface area contributed by atoms with Crippen LogP contribution in [0.15, 0.2) is 15.9 Å². The summed E-state index contributed by atoms with van der Waals surface area (Å²) in [5, 5.41) is 5.59. The summed E-state index contributed by atoms with van der Waals surface area (Å²) < 4.78 is 1.22. The third-order valence-corrected chi connectivity index (χ3v) is 4.69. The van der Waals surface area contributed by atoms with Gasteiger partial charge in [0.2, 0.25) is 0 Å². The molecule has 16 heavy (non-hydrogen) atoms. The van der Waals surface area contributed by atoms with Crippen LogP contribution in [0.2, 0.25) is 0 Å². The number of nitrogens with one attached hydrogen (secondary N) is 1. The van der Waals surface area contributed by atoms with Crippen LogP contribution in [0.1, 0.15) is 38.5 Å². The highest BCUT2D eigenvalue weighted by Gasteiger charge is 2.22. The fraction of sp³-hybridized carbons (Fsp3) is 0.692. The van der Waals surface area contributed by atoms with Crippen molar-refractivity contribution >= 4 is 27.3 Å². The largest absolute Gasteiger partial charge is 0.316 e. The molecule has 92 valence electrons. The first-order valence-electron chi connectivity index (χ1n) is 5.83. The molecule has 0 amide bonds. The van der Waals surface area contributed by atoms with Crippen LogP contribution >= 0.6 is 27.3 Å². The molecule has 0 radical (unpaired) electrons. The van der Waals surface area contributed by atoms with Crippen LogP contribution < -0.4 is 5.32 Å². The lowest BCUT2D eigenvalue weighted by atomic mass is 9.84. The Morgan fingerprint density at radius 3 is 2.56 bits per heavy atom. The Labute approximate surface area is 112 Å². The molecule has 0 aliphatic rings. The fourth-order valence-corrected chi connectivity index (χ4v) is 3.47. The van der Waals surface area contributed by atoms with Crippen LogP contribution in [0, 0.1) is 5.41 Å². The number of rotatable bonds is 5. The summed E-state index contributed by atoms with van der Waals surface area (Å²) in [7, 11) is 2.07. The normalized spacial score (nSPS) is 14.1. The van der Waals surface area contributed by atoms with E-state index in [9.17, 15) is 0 Å². The van der Waals surface area contributed by atoms with Crippen molar-refractivity contribution in [3.8, 4) is 0 Å². The first-order chi connectivity index (χ1) is 7.43. The summed E-state index contributed by atoms with van der Waals surface area (Å²) in [5.74, 6) is 0. The predicted octanol–water partition coefficient (Wildman–Crippen LogP) is 4.47. The van der Waals surface area contributed by atoms with E-state index in [1.54, 1.807) is 0 Å². The number of hydrogen-bond acceptors (Lipinski definition) is 2. The van der Waals surface area contributed by atoms with Crippen LogP contribution in [0.4, 0.5) is 0 Å². The molecule has 0 saturated heterocycles. The van der Waals surface area contributed by atoms with Crippen molar-refractivity contribution in [1.29, 1.82) is 0 Å². The van der Waals surface area contributed by atoms with E-state index < -0.39 is 0 Å². The molecule has 1 aromatic heterocycles. The van der Waals surface area contributed by atoms with E-state index in [0.29, 0.717) is 11.5 Å². The number of halogens is 1. The van der Waals surface area contributed by atoms with Gasteiger partial charge in [0.25, 0.3) is 0 Å². The van der Waals surface area contributed by atoms with Crippen LogP contribution in [-0.2, 0) is 6.42 Å². The molecular weight excluding hydrogens is 282 g/mol. The molecule has 0 spiro atoms. The lowest BCUT2D eigenvalue weighted by molar-refractivity contribution is 0.264. The van der Waals surface area contributed by atoms with Gasteiger partial charge in [-0.2, -0.15) is 0 Å². The van der Waals surface area contributed by atoms with Gasteiger partial charge in [0.15, 0.2) is 0 Å². The molecule has 0 aromatic carbocycles. The maximum atomic E-state index is 3.50. The number of thiophene rings is 1. The van der Waals surface area contributed by atoms with Gasteiger partial charge in [0, 0.05) is 20.8 Å². The summed E-state index contributed by atoms with van der Waals surface area (Å²) in [4.78, 5) is 1.48. The maximum absolute atomic E-state index is 3.50. The highest BCUT2D eigenvalue weighted by Crippen LogP contribution is 2.25. The minimum atomic E-state index is 0.352. The highest BCUT2D eigenvalue weighted by molar-refractivity contribution is 9.10. The van der Waals surface area contributed by atoms with Crippen molar-refractivity contribution in [3.05, 3.63) is 20.8 Å². The van der Waals surface area contributed by atoms with Crippen molar-refractivity contribution in [3.63, 3.8) is 0 Å². The molecule has 1 rings (SSSR count). The zero-order chi connectivity index (χ0) is 12.2. The molecule has 0 fully saturated rings. The van der Waals surface area contributed by atoms with Gasteiger partial charge in [-0.15, -0.1) is 11.3 Å². The molecule has 1 heterocycles. The summed E-state index contributed by atoms with van der Waals surface area (Å²) >= 11 is 5.35. The zero-order valence-corrected chi connectivity index (χ0v) is 13.0. The van der Waals surface area contributed by atoms with Gasteiger partial charge in [-0.1, -0.05) is 20.8 Å². The molecule has 0 aliphatic carbocycles. The van der Waals surface area contributed by atoms with E-state index in [4.69, 9.17) is 0 Å². The SMILES string of the molecule is CNC(CCCc1cc(Br)cs1)C(C)(C)C. The summed E-state index contributed by atoms with van der Waals surface area (Å²) in [6.45, 7) is 6.90. The van der Waals surface area contributed by atoms with E-state index in [1.807, 2.05) is 11.3 Å². The van der Waals surface area contributed by atoms with E-state index in [2.05, 4.69) is 60.5 Å². The van der Waals surface area contributed by atoms with Gasteiger partial charge >= 0.3 is 0 Å². The molecule has 0 bridgehead atoms. The molecule has 1 aromatic rings. The first kappa shape index (κ1) is 14.2. The summed E-state index contributed by atoms with van der Waals surface area (Å²) in [5.41, 5.74) is 0.352. The minimum absolute atomic E-state index is 0.352. The fourth-order valence-electron chi connectivity index (χ4n) is 1.98. The number of hydrogen-bond donors (Lipinski definition) is 1. The molecule has 0 saturated carbocycles. The Bertz CT molecular complexity index is 314. The quantitative estimate of drug-likeness (QED) is 0.846. The molecule has 1 nitrogen and oxygen atoms in total. The molecule has 1 N–H and O–H groups in total. The summed E-state index contributed by atoms with van der Waals surface area (Å²) in [6, 6.07) is 2.84. The molecular formula is C13H22BrNS. The second-order valence-corrected chi connectivity index (χ2v) is 7.24. The van der Waals surface area contributed by atoms with Gasteiger partial charge in [-0.05, 0) is 53.7 Å². The lowest BCUT2D eigenvalue weighted by Crippen LogP contribution is -2.37. The summed E-state index contributed by atoms with van der Waals surface area (Å²) in [6.07, 6.45) is 3.70. The van der Waals surface area contributed by atoms with Gasteiger partial charge < -0.3 is 5.32 Å². The average Bonchev–Trinajstić information content (AvgIpc) is 2.57. The average molecular weight is 304 g/mol. The molecule has 1 unspecified atom stereocenters. The molecule has 0 aliphatic heterocycles. The molecule has 1 atom stereocenters. The van der Waals surface area contributed by atoms with Crippen molar-refractivity contribution in [2.24, 2.45) is 5.41 Å². The Balaban J connectivity index is 2.34. The second kappa shape index (κ2) is 6.18. The smallest absolute Gasteiger partial charge is 0.0285 e. The van der Waals surface area contributed by atoms with Gasteiger partial charge in [-0.25, -0.2) is 0 Å². The van der Waals surface area contributed by atoms with Crippen LogP contribution in [0.5, 0.6) is 0 Å². The van der Waals surface area contributed by atoms with Crippen molar-refractivity contribution in [1.82, 2.24) is 5.32 Å². The Kier molecular flexibility index (Phi) is 5.48. The van der Waals surface area contributed by atoms with Crippen LogP contribution in [0.3, 0.4) is 0 Å². The second-order valence-electron chi connectivity index (χ2n) is 5.33. The van der Waals surface area contributed by atoms with Gasteiger partial charge in [0.1, 0.15) is 0 Å². The standard InChI is InChI=1S/C13H22BrNS/c1-13(2,3)12(15-4)7-5-6-11-8-10(14)9-16-11/h8-9,12,15H,5-7H2,1-4H3. The van der Waals surface area contributed by atoms with Gasteiger partial charge in [-0.3, -0.25) is 0 Å². The monoisotopic (exact) mass is 303 g/mol. The lowest BCUT2D eigenvalue weighted by Gasteiger charge is -2.30. The third-order valence-electron chi connectivity index (χ3n) is 2.93. The third kappa shape index (κ3) is 4.56. The van der Waals surface area contributed by atoms with E-state index in [-0.39, 0.29) is 0 Å². The Morgan fingerprint density at radius 1 is 1.44 bits per heavy atom. The minimum Gasteiger partial charge on any atom is -0.316 e. The van der Waals surface area contributed by atoms with E-state index in [0.717, 1.165) is 0 Å². The number of aryl methyl sites for hydroxylation is 1. The zero-order valence-electron chi connectivity index (χ0n) is 10.6.